The second-order valence-corrected chi connectivity index (χ2v) is 4.37. The normalized spacial score (nSPS) is 10.0. The van der Waals surface area contributed by atoms with Crippen LogP contribution in [0.25, 0.3) is 0 Å². The number of hydrogen-bond acceptors (Lipinski definition) is 5. The van der Waals surface area contributed by atoms with Crippen LogP contribution in [0.1, 0.15) is 10.4 Å². The molecule has 2 aromatic rings. The highest BCUT2D eigenvalue weighted by Crippen LogP contribution is 2.31. The van der Waals surface area contributed by atoms with Gasteiger partial charge in [-0.15, -0.1) is 0 Å². The van der Waals surface area contributed by atoms with E-state index in [1.54, 1.807) is 18.2 Å². The van der Waals surface area contributed by atoms with Crippen LogP contribution in [0, 0.1) is 0 Å². The maximum atomic E-state index is 11.0. The standard InChI is InChI=1S/C14H12ClNO5/c1-19-8-3-9(20-2)5-10(4-8)21-13-6-11(14(17)18)12(15)7-16-13/h3-7H,1-2H3,(H,17,18). The molecule has 2 rings (SSSR count). The third kappa shape index (κ3) is 3.55. The minimum atomic E-state index is -1.16. The van der Waals surface area contributed by atoms with Gasteiger partial charge in [0.05, 0.1) is 31.0 Å². The molecule has 0 aliphatic carbocycles. The number of carboxylic acids is 1. The van der Waals surface area contributed by atoms with Gasteiger partial charge in [-0.05, 0) is 0 Å². The highest BCUT2D eigenvalue weighted by atomic mass is 35.5. The first kappa shape index (κ1) is 14.9. The van der Waals surface area contributed by atoms with E-state index in [0.717, 1.165) is 0 Å². The Bertz CT molecular complexity index is 652. The Labute approximate surface area is 125 Å². The second-order valence-electron chi connectivity index (χ2n) is 3.96. The summed E-state index contributed by atoms with van der Waals surface area (Å²) in [5.41, 5.74) is -0.0865. The van der Waals surface area contributed by atoms with E-state index in [1.165, 1.54) is 26.5 Å². The van der Waals surface area contributed by atoms with Crippen LogP contribution in [0.5, 0.6) is 23.1 Å². The van der Waals surface area contributed by atoms with Gasteiger partial charge in [0.2, 0.25) is 5.88 Å². The van der Waals surface area contributed by atoms with E-state index in [4.69, 9.17) is 30.9 Å². The van der Waals surface area contributed by atoms with Crippen LogP contribution < -0.4 is 14.2 Å². The number of rotatable bonds is 5. The maximum absolute atomic E-state index is 11.0. The zero-order chi connectivity index (χ0) is 15.4. The van der Waals surface area contributed by atoms with E-state index >= 15 is 0 Å². The first-order chi connectivity index (χ1) is 10.0. The van der Waals surface area contributed by atoms with Crippen molar-refractivity contribution in [3.05, 3.63) is 41.0 Å². The fraction of sp³-hybridized carbons (Fsp3) is 0.143. The van der Waals surface area contributed by atoms with Gasteiger partial charge >= 0.3 is 5.97 Å². The number of ether oxygens (including phenoxy) is 3. The van der Waals surface area contributed by atoms with Gasteiger partial charge in [0.25, 0.3) is 0 Å². The van der Waals surface area contributed by atoms with E-state index in [0.29, 0.717) is 17.2 Å². The molecule has 1 aromatic carbocycles. The number of aromatic nitrogens is 1. The summed E-state index contributed by atoms with van der Waals surface area (Å²) < 4.78 is 15.8. The molecule has 21 heavy (non-hydrogen) atoms. The van der Waals surface area contributed by atoms with E-state index in [9.17, 15) is 4.79 Å². The molecule has 110 valence electrons. The van der Waals surface area contributed by atoms with Crippen molar-refractivity contribution in [3.63, 3.8) is 0 Å². The number of methoxy groups -OCH3 is 2. The van der Waals surface area contributed by atoms with Gasteiger partial charge in [-0.1, -0.05) is 11.6 Å². The minimum absolute atomic E-state index is 0.0399. The molecule has 0 fully saturated rings. The highest BCUT2D eigenvalue weighted by Gasteiger charge is 2.12. The molecule has 0 saturated heterocycles. The number of hydrogen-bond donors (Lipinski definition) is 1. The number of carboxylic acid groups (broad SMARTS) is 1. The zero-order valence-corrected chi connectivity index (χ0v) is 12.0. The molecule has 1 aromatic heterocycles. The summed E-state index contributed by atoms with van der Waals surface area (Å²) in [6, 6.07) is 6.18. The van der Waals surface area contributed by atoms with Crippen LogP contribution >= 0.6 is 11.6 Å². The number of halogens is 1. The Morgan fingerprint density at radius 1 is 1.10 bits per heavy atom. The maximum Gasteiger partial charge on any atom is 0.337 e. The van der Waals surface area contributed by atoms with Crippen molar-refractivity contribution in [2.75, 3.05) is 14.2 Å². The molecule has 0 saturated carbocycles. The summed E-state index contributed by atoms with van der Waals surface area (Å²) in [7, 11) is 3.03. The third-order valence-corrected chi connectivity index (χ3v) is 2.91. The van der Waals surface area contributed by atoms with Crippen molar-refractivity contribution in [2.45, 2.75) is 0 Å². The van der Waals surface area contributed by atoms with Crippen molar-refractivity contribution < 1.29 is 24.1 Å². The number of benzene rings is 1. The molecular weight excluding hydrogens is 298 g/mol. The monoisotopic (exact) mass is 309 g/mol. The van der Waals surface area contributed by atoms with E-state index in [2.05, 4.69) is 4.98 Å². The molecule has 0 bridgehead atoms. The van der Waals surface area contributed by atoms with Gasteiger partial charge in [-0.25, -0.2) is 9.78 Å². The van der Waals surface area contributed by atoms with Gasteiger partial charge in [0.15, 0.2) is 0 Å². The fourth-order valence-electron chi connectivity index (χ4n) is 1.60. The van der Waals surface area contributed by atoms with Crippen LogP contribution in [-0.4, -0.2) is 30.3 Å². The molecule has 6 nitrogen and oxygen atoms in total. The van der Waals surface area contributed by atoms with Gasteiger partial charge in [-0.3, -0.25) is 0 Å². The topological polar surface area (TPSA) is 77.9 Å². The Balaban J connectivity index is 2.33. The Morgan fingerprint density at radius 2 is 1.67 bits per heavy atom. The van der Waals surface area contributed by atoms with Crippen molar-refractivity contribution in [1.82, 2.24) is 4.98 Å². The van der Waals surface area contributed by atoms with Crippen molar-refractivity contribution in [3.8, 4) is 23.1 Å². The highest BCUT2D eigenvalue weighted by molar-refractivity contribution is 6.33. The molecule has 0 amide bonds. The smallest absolute Gasteiger partial charge is 0.337 e. The van der Waals surface area contributed by atoms with Crippen LogP contribution in [0.2, 0.25) is 5.02 Å². The third-order valence-electron chi connectivity index (χ3n) is 2.61. The fourth-order valence-corrected chi connectivity index (χ4v) is 1.78. The molecule has 1 N–H and O–H groups in total. The van der Waals surface area contributed by atoms with E-state index in [-0.39, 0.29) is 16.5 Å². The van der Waals surface area contributed by atoms with E-state index < -0.39 is 5.97 Å². The van der Waals surface area contributed by atoms with Crippen LogP contribution in [0.4, 0.5) is 0 Å². The first-order valence-electron chi connectivity index (χ1n) is 5.83. The van der Waals surface area contributed by atoms with Crippen molar-refractivity contribution in [2.24, 2.45) is 0 Å². The van der Waals surface area contributed by atoms with Crippen molar-refractivity contribution >= 4 is 17.6 Å². The van der Waals surface area contributed by atoms with Gasteiger partial charge in [0, 0.05) is 24.3 Å². The van der Waals surface area contributed by atoms with Gasteiger partial charge in [0.1, 0.15) is 17.2 Å². The quantitative estimate of drug-likeness (QED) is 0.913. The van der Waals surface area contributed by atoms with Crippen molar-refractivity contribution in [1.29, 1.82) is 0 Å². The largest absolute Gasteiger partial charge is 0.496 e. The van der Waals surface area contributed by atoms with Gasteiger partial charge in [-0.2, -0.15) is 0 Å². The molecule has 1 heterocycles. The number of carbonyl (C=O) groups is 1. The molecule has 7 heteroatoms. The van der Waals surface area contributed by atoms with Crippen LogP contribution in [0.3, 0.4) is 0 Å². The summed E-state index contributed by atoms with van der Waals surface area (Å²) in [4.78, 5) is 14.9. The molecule has 0 atom stereocenters. The summed E-state index contributed by atoms with van der Waals surface area (Å²) in [5, 5.41) is 9.05. The van der Waals surface area contributed by atoms with E-state index in [1.807, 2.05) is 0 Å². The molecule has 0 spiro atoms. The lowest BCUT2D eigenvalue weighted by atomic mass is 10.2. The number of nitrogens with zero attached hydrogens (tertiary/aromatic N) is 1. The Kier molecular flexibility index (Phi) is 4.49. The lowest BCUT2D eigenvalue weighted by Gasteiger charge is -2.10. The predicted octanol–water partition coefficient (Wildman–Crippen LogP) is 3.24. The molecule has 0 radical (unpaired) electrons. The SMILES string of the molecule is COc1cc(OC)cc(Oc2cc(C(=O)O)c(Cl)cn2)c1. The molecule has 0 aliphatic rings. The van der Waals surface area contributed by atoms with Gasteiger partial charge < -0.3 is 19.3 Å². The summed E-state index contributed by atoms with van der Waals surface area (Å²) in [5.74, 6) is 0.425. The number of pyridine rings is 1. The summed E-state index contributed by atoms with van der Waals surface area (Å²) >= 11 is 5.75. The minimum Gasteiger partial charge on any atom is -0.496 e. The average Bonchev–Trinajstić information content (AvgIpc) is 2.48. The Hall–Kier alpha value is -2.47. The molecule has 0 aliphatic heterocycles. The molecule has 0 unspecified atom stereocenters. The Morgan fingerprint density at radius 3 is 2.19 bits per heavy atom. The average molecular weight is 310 g/mol. The summed E-state index contributed by atoms with van der Waals surface area (Å²) in [6.07, 6.45) is 1.22. The first-order valence-corrected chi connectivity index (χ1v) is 6.21. The lowest BCUT2D eigenvalue weighted by Crippen LogP contribution is -1.99. The summed E-state index contributed by atoms with van der Waals surface area (Å²) in [6.45, 7) is 0. The predicted molar refractivity (Wildman–Crippen MR) is 75.8 cm³/mol. The second kappa shape index (κ2) is 6.32. The zero-order valence-electron chi connectivity index (χ0n) is 11.3. The lowest BCUT2D eigenvalue weighted by molar-refractivity contribution is 0.0696. The molecular formula is C14H12ClNO5. The van der Waals surface area contributed by atoms with Crippen LogP contribution in [-0.2, 0) is 0 Å². The van der Waals surface area contributed by atoms with Crippen LogP contribution in [0.15, 0.2) is 30.5 Å². The number of aromatic carboxylic acids is 1.